The second-order valence-electron chi connectivity index (χ2n) is 6.31. The number of halogens is 2. The Morgan fingerprint density at radius 2 is 1.92 bits per heavy atom. The molecule has 2 atom stereocenters. The summed E-state index contributed by atoms with van der Waals surface area (Å²) in [5.41, 5.74) is -2.40. The number of aliphatic hydroxyl groups excluding tert-OH is 2. The molecular formula is C15H20F2N2O6. The van der Waals surface area contributed by atoms with Gasteiger partial charge in [-0.05, 0) is 33.3 Å². The van der Waals surface area contributed by atoms with E-state index < -0.39 is 51.7 Å². The molecule has 1 aromatic carbocycles. The number of nitro benzene ring substituents is 1. The van der Waals surface area contributed by atoms with Crippen LogP contribution in [-0.2, 0) is 4.74 Å². The number of nitro groups is 1. The van der Waals surface area contributed by atoms with Gasteiger partial charge in [0.25, 0.3) is 0 Å². The quantitative estimate of drug-likeness (QED) is 0.527. The van der Waals surface area contributed by atoms with Gasteiger partial charge >= 0.3 is 11.8 Å². The molecule has 0 aliphatic carbocycles. The number of aliphatic hydroxyl groups is 2. The lowest BCUT2D eigenvalue weighted by molar-refractivity contribution is -0.387. The minimum Gasteiger partial charge on any atom is -0.444 e. The largest absolute Gasteiger partial charge is 0.444 e. The Kier molecular flexibility index (Phi) is 6.77. The number of alkyl carbamates (subject to hydrolysis) is 1. The Morgan fingerprint density at radius 3 is 2.44 bits per heavy atom. The first-order valence-electron chi connectivity index (χ1n) is 7.38. The zero-order valence-corrected chi connectivity index (χ0v) is 14.0. The van der Waals surface area contributed by atoms with Gasteiger partial charge in [-0.1, -0.05) is 0 Å². The van der Waals surface area contributed by atoms with Crippen molar-refractivity contribution in [3.63, 3.8) is 0 Å². The van der Waals surface area contributed by atoms with E-state index in [4.69, 9.17) is 4.74 Å². The Bertz CT molecular complexity index is 648. The molecule has 0 saturated heterocycles. The third kappa shape index (κ3) is 6.24. The van der Waals surface area contributed by atoms with Crippen LogP contribution < -0.4 is 5.32 Å². The molecule has 0 aromatic heterocycles. The van der Waals surface area contributed by atoms with Crippen LogP contribution in [0.2, 0.25) is 0 Å². The van der Waals surface area contributed by atoms with Crippen LogP contribution in [0.5, 0.6) is 0 Å². The third-order valence-corrected chi connectivity index (χ3v) is 3.05. The molecule has 1 rings (SSSR count). The van der Waals surface area contributed by atoms with Crippen molar-refractivity contribution in [1.29, 1.82) is 0 Å². The number of benzene rings is 1. The summed E-state index contributed by atoms with van der Waals surface area (Å²) in [6.45, 7) is 4.90. The number of nitrogens with zero attached hydrogens (tertiary/aromatic N) is 1. The normalized spacial score (nSPS) is 13.9. The second-order valence-corrected chi connectivity index (χ2v) is 6.31. The molecule has 0 spiro atoms. The van der Waals surface area contributed by atoms with E-state index in [-0.39, 0.29) is 13.0 Å². The van der Waals surface area contributed by atoms with Crippen LogP contribution >= 0.6 is 0 Å². The van der Waals surface area contributed by atoms with Gasteiger partial charge in [-0.2, -0.15) is 4.39 Å². The molecule has 0 radical (unpaired) electrons. The number of carbonyl (C=O) groups is 1. The zero-order chi connectivity index (χ0) is 19.4. The minimum absolute atomic E-state index is 0.0930. The first kappa shape index (κ1) is 20.7. The highest BCUT2D eigenvalue weighted by Gasteiger charge is 2.26. The van der Waals surface area contributed by atoms with Gasteiger partial charge in [0.2, 0.25) is 5.82 Å². The smallest absolute Gasteiger partial charge is 0.407 e. The predicted octanol–water partition coefficient (Wildman–Crippen LogP) is 2.18. The van der Waals surface area contributed by atoms with Crippen LogP contribution in [0.15, 0.2) is 12.1 Å². The molecule has 2 unspecified atom stereocenters. The van der Waals surface area contributed by atoms with Crippen molar-refractivity contribution >= 4 is 11.8 Å². The highest BCUT2D eigenvalue weighted by Crippen LogP contribution is 2.27. The van der Waals surface area contributed by atoms with Crippen molar-refractivity contribution in [2.45, 2.75) is 45.0 Å². The maximum absolute atomic E-state index is 13.8. The summed E-state index contributed by atoms with van der Waals surface area (Å²) in [5.74, 6) is -2.56. The fourth-order valence-corrected chi connectivity index (χ4v) is 1.92. The maximum Gasteiger partial charge on any atom is 0.407 e. The Labute approximate surface area is 142 Å². The fourth-order valence-electron chi connectivity index (χ4n) is 1.92. The lowest BCUT2D eigenvalue weighted by Gasteiger charge is -2.21. The van der Waals surface area contributed by atoms with Crippen LogP contribution in [0.1, 0.15) is 38.9 Å². The topological polar surface area (TPSA) is 122 Å². The fraction of sp³-hybridized carbons (Fsp3) is 0.533. The van der Waals surface area contributed by atoms with Crippen LogP contribution in [0.25, 0.3) is 0 Å². The SMILES string of the molecule is CC(C)(C)OC(=O)NCCC(O)C(O)c1cc(F)c([N+](=O)[O-])cc1F. The van der Waals surface area contributed by atoms with E-state index in [9.17, 15) is 33.9 Å². The lowest BCUT2D eigenvalue weighted by Crippen LogP contribution is -2.34. The predicted molar refractivity (Wildman–Crippen MR) is 82.8 cm³/mol. The van der Waals surface area contributed by atoms with Gasteiger partial charge in [0.05, 0.1) is 17.1 Å². The van der Waals surface area contributed by atoms with E-state index in [1.54, 1.807) is 20.8 Å². The van der Waals surface area contributed by atoms with E-state index in [2.05, 4.69) is 5.32 Å². The standard InChI is InChI=1S/C15H20F2N2O6/c1-15(2,3)25-14(22)18-5-4-12(20)13(21)8-6-10(17)11(19(23)24)7-9(8)16/h6-7,12-13,20-21H,4-5H2,1-3H3,(H,18,22). The molecule has 0 aliphatic rings. The number of hydrogen-bond donors (Lipinski definition) is 3. The van der Waals surface area contributed by atoms with Crippen LogP contribution in [0, 0.1) is 21.7 Å². The van der Waals surface area contributed by atoms with Crippen molar-refractivity contribution in [2.75, 3.05) is 6.54 Å². The van der Waals surface area contributed by atoms with Crippen molar-refractivity contribution in [3.05, 3.63) is 39.4 Å². The zero-order valence-electron chi connectivity index (χ0n) is 14.0. The summed E-state index contributed by atoms with van der Waals surface area (Å²) in [6.07, 6.45) is -4.28. The number of nitrogens with one attached hydrogen (secondary N) is 1. The van der Waals surface area contributed by atoms with E-state index in [1.165, 1.54) is 0 Å². The highest BCUT2D eigenvalue weighted by molar-refractivity contribution is 5.67. The molecule has 1 aromatic rings. The van der Waals surface area contributed by atoms with Gasteiger partial charge in [0.1, 0.15) is 17.5 Å². The van der Waals surface area contributed by atoms with Gasteiger partial charge < -0.3 is 20.3 Å². The van der Waals surface area contributed by atoms with E-state index >= 15 is 0 Å². The van der Waals surface area contributed by atoms with E-state index in [0.717, 1.165) is 0 Å². The number of carbonyl (C=O) groups excluding carboxylic acids is 1. The molecule has 1 amide bonds. The summed E-state index contributed by atoms with van der Waals surface area (Å²) in [5, 5.41) is 32.6. The monoisotopic (exact) mass is 362 g/mol. The third-order valence-electron chi connectivity index (χ3n) is 3.05. The average molecular weight is 362 g/mol. The van der Waals surface area contributed by atoms with Gasteiger partial charge in [-0.15, -0.1) is 0 Å². The minimum atomic E-state index is -1.82. The Balaban J connectivity index is 2.68. The van der Waals surface area contributed by atoms with Crippen molar-refractivity contribution in [3.8, 4) is 0 Å². The molecule has 140 valence electrons. The molecule has 3 N–H and O–H groups in total. The summed E-state index contributed by atoms with van der Waals surface area (Å²) in [4.78, 5) is 20.9. The van der Waals surface area contributed by atoms with Crippen molar-refractivity contribution in [2.24, 2.45) is 0 Å². The molecule has 25 heavy (non-hydrogen) atoms. The second kappa shape index (κ2) is 8.17. The Hall–Kier alpha value is -2.33. The van der Waals surface area contributed by atoms with Gasteiger partial charge in [-0.3, -0.25) is 10.1 Å². The number of amides is 1. The molecule has 0 heterocycles. The van der Waals surface area contributed by atoms with Crippen LogP contribution in [0.4, 0.5) is 19.3 Å². The average Bonchev–Trinajstić information content (AvgIpc) is 2.46. The summed E-state index contributed by atoms with van der Waals surface area (Å²) < 4.78 is 32.3. The van der Waals surface area contributed by atoms with E-state index in [1.807, 2.05) is 0 Å². The molecule has 0 bridgehead atoms. The van der Waals surface area contributed by atoms with Crippen LogP contribution in [0.3, 0.4) is 0 Å². The maximum atomic E-state index is 13.8. The lowest BCUT2D eigenvalue weighted by atomic mass is 10.0. The first-order valence-corrected chi connectivity index (χ1v) is 7.38. The summed E-state index contributed by atoms with van der Waals surface area (Å²) in [7, 11) is 0. The molecule has 0 saturated carbocycles. The highest BCUT2D eigenvalue weighted by atomic mass is 19.1. The van der Waals surface area contributed by atoms with E-state index in [0.29, 0.717) is 12.1 Å². The van der Waals surface area contributed by atoms with Crippen LogP contribution in [-0.4, -0.2) is 39.5 Å². The number of ether oxygens (including phenoxy) is 1. The first-order chi connectivity index (χ1) is 11.4. The van der Waals surface area contributed by atoms with Gasteiger partial charge in [-0.25, -0.2) is 9.18 Å². The van der Waals surface area contributed by atoms with Crippen molar-refractivity contribution in [1.82, 2.24) is 5.32 Å². The molecule has 10 heteroatoms. The number of rotatable bonds is 6. The van der Waals surface area contributed by atoms with Gasteiger partial charge in [0.15, 0.2) is 0 Å². The van der Waals surface area contributed by atoms with Crippen molar-refractivity contribution < 1.29 is 33.4 Å². The molecule has 0 aliphatic heterocycles. The Morgan fingerprint density at radius 1 is 1.32 bits per heavy atom. The number of hydrogen-bond acceptors (Lipinski definition) is 6. The van der Waals surface area contributed by atoms with Gasteiger partial charge in [0, 0.05) is 12.1 Å². The molecular weight excluding hydrogens is 342 g/mol. The summed E-state index contributed by atoms with van der Waals surface area (Å²) in [6, 6.07) is 0.794. The summed E-state index contributed by atoms with van der Waals surface area (Å²) >= 11 is 0. The molecule has 0 fully saturated rings. The molecule has 8 nitrogen and oxygen atoms in total.